The van der Waals surface area contributed by atoms with E-state index in [1.165, 1.54) is 0 Å². The van der Waals surface area contributed by atoms with Gasteiger partial charge in [-0.3, -0.25) is 4.79 Å². The van der Waals surface area contributed by atoms with Crippen molar-refractivity contribution in [2.75, 3.05) is 0 Å². The van der Waals surface area contributed by atoms with Gasteiger partial charge in [0.1, 0.15) is 5.82 Å². The molecule has 88 valence electrons. The Bertz CT molecular complexity index is 432. The fourth-order valence-corrected chi connectivity index (χ4v) is 1.70. The summed E-state index contributed by atoms with van der Waals surface area (Å²) in [4.78, 5) is 18.8. The van der Waals surface area contributed by atoms with E-state index in [1.54, 1.807) is 6.20 Å². The maximum Gasteiger partial charge on any atom is 0.254 e. The van der Waals surface area contributed by atoms with E-state index >= 15 is 0 Å². The molecule has 2 rings (SSSR count). The zero-order valence-electron chi connectivity index (χ0n) is 9.92. The summed E-state index contributed by atoms with van der Waals surface area (Å²) in [6.07, 6.45) is 5.49. The first-order chi connectivity index (χ1) is 7.50. The number of aromatic nitrogens is 2. The van der Waals surface area contributed by atoms with E-state index in [-0.39, 0.29) is 17.0 Å². The summed E-state index contributed by atoms with van der Waals surface area (Å²) in [6, 6.07) is 0. The maximum atomic E-state index is 11.7. The molecule has 0 saturated heterocycles. The van der Waals surface area contributed by atoms with E-state index in [4.69, 9.17) is 5.73 Å². The number of nitrogens with two attached hydrogens (primary N) is 1. The molecule has 16 heavy (non-hydrogen) atoms. The molecule has 0 atom stereocenters. The quantitative estimate of drug-likeness (QED) is 0.805. The molecule has 0 bridgehead atoms. The summed E-state index contributed by atoms with van der Waals surface area (Å²) < 4.78 is 0. The Kier molecular flexibility index (Phi) is 2.84. The van der Waals surface area contributed by atoms with Crippen molar-refractivity contribution < 1.29 is 0 Å². The van der Waals surface area contributed by atoms with Crippen molar-refractivity contribution in [2.45, 2.75) is 51.0 Å². The van der Waals surface area contributed by atoms with Crippen molar-refractivity contribution in [3.63, 3.8) is 0 Å². The molecule has 1 aliphatic rings. The van der Waals surface area contributed by atoms with Gasteiger partial charge in [-0.15, -0.1) is 0 Å². The predicted octanol–water partition coefficient (Wildman–Crippen LogP) is 1.32. The molecule has 0 aromatic carbocycles. The van der Waals surface area contributed by atoms with Gasteiger partial charge in [-0.05, 0) is 25.7 Å². The van der Waals surface area contributed by atoms with Crippen LogP contribution in [0.5, 0.6) is 0 Å². The highest BCUT2D eigenvalue weighted by molar-refractivity contribution is 5.10. The van der Waals surface area contributed by atoms with Gasteiger partial charge in [-0.1, -0.05) is 13.8 Å². The number of hydrogen-bond donors (Lipinski definition) is 2. The molecule has 1 heterocycles. The van der Waals surface area contributed by atoms with Crippen LogP contribution in [0.2, 0.25) is 0 Å². The highest BCUT2D eigenvalue weighted by Gasteiger charge is 2.37. The molecule has 0 amide bonds. The normalized spacial score (nSPS) is 17.8. The zero-order chi connectivity index (χ0) is 11.8. The number of nitrogens with zero attached hydrogens (tertiary/aromatic N) is 1. The van der Waals surface area contributed by atoms with Gasteiger partial charge in [-0.2, -0.15) is 0 Å². The minimum atomic E-state index is -0.0112. The molecule has 3 N–H and O–H groups in total. The smallest absolute Gasteiger partial charge is 0.254 e. The van der Waals surface area contributed by atoms with Crippen molar-refractivity contribution in [1.29, 1.82) is 0 Å². The Balaban J connectivity index is 2.07. The second-order valence-corrected chi connectivity index (χ2v) is 5.14. The lowest BCUT2D eigenvalue weighted by Gasteiger charge is -2.08. The maximum absolute atomic E-state index is 11.7. The Hall–Kier alpha value is -1.16. The van der Waals surface area contributed by atoms with Crippen molar-refractivity contribution >= 4 is 0 Å². The first kappa shape index (κ1) is 11.3. The van der Waals surface area contributed by atoms with Gasteiger partial charge in [-0.25, -0.2) is 4.98 Å². The van der Waals surface area contributed by atoms with Gasteiger partial charge >= 0.3 is 0 Å². The number of aryl methyl sites for hydroxylation is 1. The van der Waals surface area contributed by atoms with Crippen LogP contribution in [0, 0.1) is 0 Å². The Morgan fingerprint density at radius 1 is 1.56 bits per heavy atom. The SMILES string of the molecule is CC(C)c1ncc(CCC2(N)CC2)c(=O)[nH]1. The van der Waals surface area contributed by atoms with E-state index in [9.17, 15) is 4.79 Å². The van der Waals surface area contributed by atoms with Crippen LogP contribution in [0.3, 0.4) is 0 Å². The van der Waals surface area contributed by atoms with E-state index in [2.05, 4.69) is 9.97 Å². The van der Waals surface area contributed by atoms with Crippen molar-refractivity contribution in [2.24, 2.45) is 5.73 Å². The van der Waals surface area contributed by atoms with Gasteiger partial charge in [0, 0.05) is 23.2 Å². The van der Waals surface area contributed by atoms with Crippen LogP contribution >= 0.6 is 0 Å². The van der Waals surface area contributed by atoms with Crippen molar-refractivity contribution in [3.8, 4) is 0 Å². The van der Waals surface area contributed by atoms with E-state index in [0.29, 0.717) is 0 Å². The van der Waals surface area contributed by atoms with Crippen molar-refractivity contribution in [1.82, 2.24) is 9.97 Å². The molecular weight excluding hydrogens is 202 g/mol. The first-order valence-corrected chi connectivity index (χ1v) is 5.87. The monoisotopic (exact) mass is 221 g/mol. The van der Waals surface area contributed by atoms with Crippen LogP contribution in [0.1, 0.15) is 50.4 Å². The molecule has 0 radical (unpaired) electrons. The Morgan fingerprint density at radius 2 is 2.25 bits per heavy atom. The third-order valence-corrected chi connectivity index (χ3v) is 3.22. The average molecular weight is 221 g/mol. The molecule has 1 aromatic heterocycles. The topological polar surface area (TPSA) is 71.8 Å². The summed E-state index contributed by atoms with van der Waals surface area (Å²) >= 11 is 0. The van der Waals surface area contributed by atoms with Gasteiger partial charge in [0.25, 0.3) is 5.56 Å². The molecule has 4 heteroatoms. The van der Waals surface area contributed by atoms with Gasteiger partial charge in [0.2, 0.25) is 0 Å². The second kappa shape index (κ2) is 4.01. The van der Waals surface area contributed by atoms with Gasteiger partial charge in [0.15, 0.2) is 0 Å². The first-order valence-electron chi connectivity index (χ1n) is 5.87. The molecule has 0 unspecified atom stereocenters. The minimum Gasteiger partial charge on any atom is -0.325 e. The van der Waals surface area contributed by atoms with E-state index < -0.39 is 0 Å². The van der Waals surface area contributed by atoms with Crippen LogP contribution in [0.15, 0.2) is 11.0 Å². The van der Waals surface area contributed by atoms with Crippen molar-refractivity contribution in [3.05, 3.63) is 27.9 Å². The third-order valence-electron chi connectivity index (χ3n) is 3.22. The summed E-state index contributed by atoms with van der Waals surface area (Å²) in [6.45, 7) is 4.02. The number of hydrogen-bond acceptors (Lipinski definition) is 3. The van der Waals surface area contributed by atoms with Gasteiger partial charge in [0.05, 0.1) is 0 Å². The minimum absolute atomic E-state index is 0.00313. The van der Waals surface area contributed by atoms with Crippen LogP contribution in [0.25, 0.3) is 0 Å². The van der Waals surface area contributed by atoms with Crippen LogP contribution < -0.4 is 11.3 Å². The van der Waals surface area contributed by atoms with E-state index in [0.717, 1.165) is 37.1 Å². The van der Waals surface area contributed by atoms with Crippen LogP contribution in [-0.2, 0) is 6.42 Å². The average Bonchev–Trinajstić information content (AvgIpc) is 2.95. The predicted molar refractivity (Wildman–Crippen MR) is 63.4 cm³/mol. The number of aromatic amines is 1. The highest BCUT2D eigenvalue weighted by atomic mass is 16.1. The summed E-state index contributed by atoms with van der Waals surface area (Å²) in [5.74, 6) is 1.01. The highest BCUT2D eigenvalue weighted by Crippen LogP contribution is 2.36. The van der Waals surface area contributed by atoms with E-state index in [1.807, 2.05) is 13.8 Å². The summed E-state index contributed by atoms with van der Waals surface area (Å²) in [5.41, 5.74) is 6.73. The number of rotatable bonds is 4. The Morgan fingerprint density at radius 3 is 2.75 bits per heavy atom. The molecule has 0 aliphatic heterocycles. The summed E-state index contributed by atoms with van der Waals surface area (Å²) in [5, 5.41) is 0. The number of H-pyrrole nitrogens is 1. The molecule has 0 spiro atoms. The lowest BCUT2D eigenvalue weighted by Crippen LogP contribution is -2.24. The fraction of sp³-hybridized carbons (Fsp3) is 0.667. The third kappa shape index (κ3) is 2.50. The lowest BCUT2D eigenvalue weighted by atomic mass is 10.1. The molecular formula is C12H19N3O. The molecule has 4 nitrogen and oxygen atoms in total. The van der Waals surface area contributed by atoms with Gasteiger partial charge < -0.3 is 10.7 Å². The molecule has 1 fully saturated rings. The van der Waals surface area contributed by atoms with Crippen LogP contribution in [-0.4, -0.2) is 15.5 Å². The molecule has 1 aliphatic carbocycles. The largest absolute Gasteiger partial charge is 0.325 e. The Labute approximate surface area is 95.3 Å². The molecule has 1 aromatic rings. The second-order valence-electron chi connectivity index (χ2n) is 5.14. The standard InChI is InChI=1S/C12H19N3O/c1-8(2)10-14-7-9(11(16)15-10)3-4-12(13)5-6-12/h7-8H,3-6,13H2,1-2H3,(H,14,15,16). The summed E-state index contributed by atoms with van der Waals surface area (Å²) in [7, 11) is 0. The lowest BCUT2D eigenvalue weighted by molar-refractivity contribution is 0.604. The fourth-order valence-electron chi connectivity index (χ4n) is 1.70. The van der Waals surface area contributed by atoms with Crippen LogP contribution in [0.4, 0.5) is 0 Å². The molecule has 1 saturated carbocycles. The zero-order valence-corrected chi connectivity index (χ0v) is 9.92. The number of nitrogens with one attached hydrogen (secondary N) is 1.